The third-order valence-electron chi connectivity index (χ3n) is 3.58. The normalized spacial score (nSPS) is 18.2. The summed E-state index contributed by atoms with van der Waals surface area (Å²) in [5, 5.41) is 0. The number of piperidine rings is 1. The van der Waals surface area contributed by atoms with Gasteiger partial charge in [0.15, 0.2) is 5.82 Å². The van der Waals surface area contributed by atoms with Gasteiger partial charge in [-0.1, -0.05) is 0 Å². The van der Waals surface area contributed by atoms with E-state index in [1.54, 1.807) is 4.90 Å². The molecule has 22 heavy (non-hydrogen) atoms. The molecule has 1 fully saturated rings. The van der Waals surface area contributed by atoms with Crippen molar-refractivity contribution in [3.8, 4) is 6.01 Å². The summed E-state index contributed by atoms with van der Waals surface area (Å²) in [6.07, 6.45) is 7.40. The van der Waals surface area contributed by atoms with Crippen LogP contribution in [0.3, 0.4) is 0 Å². The fourth-order valence-electron chi connectivity index (χ4n) is 2.50. The number of amides is 1. The summed E-state index contributed by atoms with van der Waals surface area (Å²) in [6.45, 7) is 1.55. The van der Waals surface area contributed by atoms with E-state index in [4.69, 9.17) is 4.74 Å². The fourth-order valence-corrected chi connectivity index (χ4v) is 2.50. The molecule has 1 atom stereocenters. The minimum Gasteiger partial charge on any atom is -0.458 e. The fraction of sp³-hybridized carbons (Fsp3) is 0.400. The highest BCUT2D eigenvalue weighted by atomic mass is 19.1. The highest BCUT2D eigenvalue weighted by Gasteiger charge is 2.25. The molecule has 0 aromatic carbocycles. The van der Waals surface area contributed by atoms with E-state index in [0.717, 1.165) is 31.8 Å². The van der Waals surface area contributed by atoms with Crippen LogP contribution in [0.4, 0.5) is 4.39 Å². The van der Waals surface area contributed by atoms with E-state index < -0.39 is 5.82 Å². The van der Waals surface area contributed by atoms with Crippen molar-refractivity contribution >= 4 is 5.91 Å². The third-order valence-corrected chi connectivity index (χ3v) is 3.58. The van der Waals surface area contributed by atoms with Gasteiger partial charge in [0.25, 0.3) is 0 Å². The van der Waals surface area contributed by atoms with Crippen LogP contribution in [0.1, 0.15) is 12.8 Å². The third kappa shape index (κ3) is 3.60. The summed E-state index contributed by atoms with van der Waals surface area (Å²) in [5.74, 6) is -0.441. The molecule has 2 aromatic heterocycles. The molecule has 1 aliphatic heterocycles. The van der Waals surface area contributed by atoms with Gasteiger partial charge in [-0.25, -0.2) is 14.4 Å². The lowest BCUT2D eigenvalue weighted by Gasteiger charge is -2.32. The number of carbonyl (C=O) groups is 1. The quantitative estimate of drug-likeness (QED) is 0.858. The molecule has 1 aliphatic rings. The zero-order valence-corrected chi connectivity index (χ0v) is 12.1. The maximum absolute atomic E-state index is 12.8. The number of nitrogens with zero attached hydrogens (tertiary/aromatic N) is 4. The maximum atomic E-state index is 12.8. The van der Waals surface area contributed by atoms with E-state index in [1.165, 1.54) is 0 Å². The Morgan fingerprint density at radius 1 is 1.32 bits per heavy atom. The van der Waals surface area contributed by atoms with E-state index in [9.17, 15) is 9.18 Å². The van der Waals surface area contributed by atoms with Crippen LogP contribution in [0.5, 0.6) is 6.01 Å². The minimum atomic E-state index is -0.500. The number of aromatic nitrogens is 3. The summed E-state index contributed by atoms with van der Waals surface area (Å²) < 4.78 is 20.3. The van der Waals surface area contributed by atoms with Crippen molar-refractivity contribution in [1.82, 2.24) is 19.4 Å². The van der Waals surface area contributed by atoms with Crippen LogP contribution in [0.15, 0.2) is 36.9 Å². The number of halogens is 1. The molecule has 0 N–H and O–H groups in total. The Bertz CT molecular complexity index is 615. The van der Waals surface area contributed by atoms with Crippen LogP contribution < -0.4 is 4.74 Å². The average molecular weight is 304 g/mol. The molecule has 1 saturated heterocycles. The molecular weight excluding hydrogens is 287 g/mol. The van der Waals surface area contributed by atoms with Crippen molar-refractivity contribution in [3.05, 3.63) is 42.7 Å². The summed E-state index contributed by atoms with van der Waals surface area (Å²) in [4.78, 5) is 21.6. The van der Waals surface area contributed by atoms with Gasteiger partial charge in [-0.2, -0.15) is 0 Å². The number of hydrogen-bond acceptors (Lipinski definition) is 4. The van der Waals surface area contributed by atoms with E-state index in [-0.39, 0.29) is 18.0 Å². The van der Waals surface area contributed by atoms with Crippen molar-refractivity contribution in [2.45, 2.75) is 25.5 Å². The van der Waals surface area contributed by atoms with Crippen molar-refractivity contribution in [2.75, 3.05) is 13.1 Å². The Morgan fingerprint density at radius 3 is 2.77 bits per heavy atom. The van der Waals surface area contributed by atoms with Crippen LogP contribution in [0.25, 0.3) is 0 Å². The highest BCUT2D eigenvalue weighted by Crippen LogP contribution is 2.15. The van der Waals surface area contributed by atoms with Crippen molar-refractivity contribution in [3.63, 3.8) is 0 Å². The number of rotatable bonds is 4. The Kier molecular flexibility index (Phi) is 4.32. The molecule has 2 aromatic rings. The monoisotopic (exact) mass is 304 g/mol. The van der Waals surface area contributed by atoms with Gasteiger partial charge in [0, 0.05) is 18.9 Å². The lowest BCUT2D eigenvalue weighted by molar-refractivity contribution is -0.134. The van der Waals surface area contributed by atoms with Crippen molar-refractivity contribution in [1.29, 1.82) is 0 Å². The van der Waals surface area contributed by atoms with E-state index in [0.29, 0.717) is 13.1 Å². The Balaban J connectivity index is 1.56. The van der Waals surface area contributed by atoms with Crippen LogP contribution in [-0.2, 0) is 11.3 Å². The molecule has 0 bridgehead atoms. The molecule has 0 aliphatic carbocycles. The topological polar surface area (TPSA) is 60.2 Å². The molecular formula is C15H17FN4O2. The Morgan fingerprint density at radius 2 is 2.05 bits per heavy atom. The lowest BCUT2D eigenvalue weighted by atomic mass is 10.1. The first kappa shape index (κ1) is 14.5. The van der Waals surface area contributed by atoms with Crippen molar-refractivity contribution < 1.29 is 13.9 Å². The maximum Gasteiger partial charge on any atom is 0.316 e. The molecule has 0 radical (unpaired) electrons. The molecule has 1 amide bonds. The van der Waals surface area contributed by atoms with Gasteiger partial charge in [0.2, 0.25) is 5.91 Å². The first-order chi connectivity index (χ1) is 10.7. The number of ether oxygens (including phenoxy) is 1. The Labute approximate surface area is 127 Å². The van der Waals surface area contributed by atoms with Gasteiger partial charge in [0.05, 0.1) is 18.9 Å². The first-order valence-electron chi connectivity index (χ1n) is 7.23. The molecule has 3 rings (SSSR count). The molecule has 1 unspecified atom stereocenters. The minimum absolute atomic E-state index is 0.0597. The van der Waals surface area contributed by atoms with Crippen LogP contribution in [0.2, 0.25) is 0 Å². The van der Waals surface area contributed by atoms with Crippen LogP contribution in [0, 0.1) is 5.82 Å². The second-order valence-electron chi connectivity index (χ2n) is 5.26. The molecule has 116 valence electrons. The molecule has 6 nitrogen and oxygen atoms in total. The Hall–Kier alpha value is -2.44. The largest absolute Gasteiger partial charge is 0.458 e. The van der Waals surface area contributed by atoms with E-state index in [1.807, 2.05) is 29.1 Å². The van der Waals surface area contributed by atoms with Gasteiger partial charge in [0.1, 0.15) is 12.6 Å². The second kappa shape index (κ2) is 6.55. The summed E-state index contributed by atoms with van der Waals surface area (Å²) in [5.41, 5.74) is 0. The van der Waals surface area contributed by atoms with Gasteiger partial charge in [-0.15, -0.1) is 0 Å². The van der Waals surface area contributed by atoms with Gasteiger partial charge in [-0.3, -0.25) is 4.79 Å². The van der Waals surface area contributed by atoms with Crippen LogP contribution in [-0.4, -0.2) is 44.5 Å². The predicted molar refractivity (Wildman–Crippen MR) is 76.7 cm³/mol. The van der Waals surface area contributed by atoms with Gasteiger partial charge < -0.3 is 14.2 Å². The number of hydrogen-bond donors (Lipinski definition) is 0. The number of likely N-dealkylation sites (tertiary alicyclic amines) is 1. The lowest BCUT2D eigenvalue weighted by Crippen LogP contribution is -2.45. The predicted octanol–water partition coefficient (Wildman–Crippen LogP) is 1.49. The second-order valence-corrected chi connectivity index (χ2v) is 5.26. The molecule has 0 saturated carbocycles. The summed E-state index contributed by atoms with van der Waals surface area (Å²) in [6, 6.07) is 3.92. The smallest absolute Gasteiger partial charge is 0.316 e. The van der Waals surface area contributed by atoms with Crippen molar-refractivity contribution in [2.24, 2.45) is 0 Å². The average Bonchev–Trinajstić information content (AvgIpc) is 3.03. The van der Waals surface area contributed by atoms with Crippen LogP contribution >= 0.6 is 0 Å². The standard InChI is InChI=1S/C15H17FN4O2/c16-12-8-17-15(18-9-12)22-13-4-3-7-20(10-13)14(21)11-19-5-1-2-6-19/h1-2,5-6,8-9,13H,3-4,7,10-11H2. The van der Waals surface area contributed by atoms with Gasteiger partial charge in [-0.05, 0) is 25.0 Å². The molecule has 0 spiro atoms. The summed E-state index contributed by atoms with van der Waals surface area (Å²) in [7, 11) is 0. The zero-order chi connectivity index (χ0) is 15.4. The zero-order valence-electron chi connectivity index (χ0n) is 12.1. The van der Waals surface area contributed by atoms with Gasteiger partial charge >= 0.3 is 6.01 Å². The summed E-state index contributed by atoms with van der Waals surface area (Å²) >= 11 is 0. The van der Waals surface area contributed by atoms with E-state index >= 15 is 0 Å². The highest BCUT2D eigenvalue weighted by molar-refractivity contribution is 5.76. The SMILES string of the molecule is O=C(Cn1cccc1)N1CCCC(Oc2ncc(F)cn2)C1. The molecule has 3 heterocycles. The first-order valence-corrected chi connectivity index (χ1v) is 7.23. The number of carbonyl (C=O) groups excluding carboxylic acids is 1. The molecule has 7 heteroatoms. The van der Waals surface area contributed by atoms with E-state index in [2.05, 4.69) is 9.97 Å².